The van der Waals surface area contributed by atoms with Gasteiger partial charge in [0, 0.05) is 17.7 Å². The highest BCUT2D eigenvalue weighted by atomic mass is 31.2. The zero-order valence-electron chi connectivity index (χ0n) is 11.1. The maximum atomic E-state index is 13.6. The Morgan fingerprint density at radius 1 is 1.10 bits per heavy atom. The molecule has 0 spiro atoms. The molecule has 0 aromatic heterocycles. The van der Waals surface area contributed by atoms with E-state index >= 15 is 0 Å². The van der Waals surface area contributed by atoms with Crippen LogP contribution in [0.3, 0.4) is 0 Å². The molecule has 1 aliphatic rings. The van der Waals surface area contributed by atoms with Crippen molar-refractivity contribution in [1.29, 1.82) is 0 Å². The molecule has 0 bridgehead atoms. The predicted molar refractivity (Wildman–Crippen MR) is 79.8 cm³/mol. The van der Waals surface area contributed by atoms with Crippen LogP contribution < -0.4 is 15.9 Å². The second-order valence-corrected chi connectivity index (χ2v) is 7.29. The summed E-state index contributed by atoms with van der Waals surface area (Å²) in [5.41, 5.74) is 0.947. The summed E-state index contributed by atoms with van der Waals surface area (Å²) in [6.45, 7) is 0.377. The minimum absolute atomic E-state index is 0.312. The van der Waals surface area contributed by atoms with E-state index in [1.165, 1.54) is 4.67 Å². The van der Waals surface area contributed by atoms with E-state index in [1.807, 2.05) is 54.6 Å². The van der Waals surface area contributed by atoms with Gasteiger partial charge >= 0.3 is 6.03 Å². The number of nitrogens with one attached hydrogen (secondary N) is 1. The number of benzene rings is 2. The second kappa shape index (κ2) is 4.80. The van der Waals surface area contributed by atoms with E-state index in [9.17, 15) is 9.36 Å². The molecular weight excluding hydrogens is 271 g/mol. The van der Waals surface area contributed by atoms with Crippen LogP contribution in [0.4, 0.5) is 4.79 Å². The first-order valence-corrected chi connectivity index (χ1v) is 8.07. The summed E-state index contributed by atoms with van der Waals surface area (Å²) < 4.78 is 15.1. The smallest absolute Gasteiger partial charge is 0.323 e. The van der Waals surface area contributed by atoms with Crippen molar-refractivity contribution < 1.29 is 9.36 Å². The highest BCUT2D eigenvalue weighted by Gasteiger charge is 2.44. The Morgan fingerprint density at radius 3 is 2.45 bits per heavy atom. The molecule has 0 aliphatic carbocycles. The van der Waals surface area contributed by atoms with Gasteiger partial charge in [0.2, 0.25) is 7.29 Å². The van der Waals surface area contributed by atoms with Gasteiger partial charge in [0.05, 0.1) is 6.54 Å². The number of nitrogens with zero attached hydrogens (tertiary/aromatic N) is 1. The number of hydrogen-bond acceptors (Lipinski definition) is 2. The first kappa shape index (κ1) is 12.9. The van der Waals surface area contributed by atoms with Crippen molar-refractivity contribution >= 4 is 23.9 Å². The summed E-state index contributed by atoms with van der Waals surface area (Å²) in [6, 6.07) is 16.4. The summed E-state index contributed by atoms with van der Waals surface area (Å²) in [6.07, 6.45) is 0. The van der Waals surface area contributed by atoms with Crippen molar-refractivity contribution in [2.75, 3.05) is 7.05 Å². The topological polar surface area (TPSA) is 49.4 Å². The fraction of sp³-hybridized carbons (Fsp3) is 0.133. The van der Waals surface area contributed by atoms with Crippen molar-refractivity contribution in [2.45, 2.75) is 6.54 Å². The summed E-state index contributed by atoms with van der Waals surface area (Å²) in [5.74, 6) is 0. The first-order chi connectivity index (χ1) is 9.67. The molecule has 2 amide bonds. The number of urea groups is 1. The van der Waals surface area contributed by atoms with Crippen molar-refractivity contribution in [1.82, 2.24) is 9.99 Å². The molecule has 1 unspecified atom stereocenters. The zero-order valence-corrected chi connectivity index (χ0v) is 12.0. The van der Waals surface area contributed by atoms with Gasteiger partial charge in [0.25, 0.3) is 0 Å². The van der Waals surface area contributed by atoms with Gasteiger partial charge in [-0.3, -0.25) is 9.24 Å². The number of carbonyl (C=O) groups excluding carboxylic acids is 1. The normalized spacial score (nSPS) is 20.6. The Labute approximate surface area is 117 Å². The van der Waals surface area contributed by atoms with Gasteiger partial charge in [0.15, 0.2) is 0 Å². The highest BCUT2D eigenvalue weighted by Crippen LogP contribution is 2.53. The van der Waals surface area contributed by atoms with Crippen LogP contribution in [0.1, 0.15) is 5.56 Å². The number of hydrogen-bond donors (Lipinski definition) is 1. The average molecular weight is 286 g/mol. The molecule has 102 valence electrons. The van der Waals surface area contributed by atoms with E-state index in [0.29, 0.717) is 11.8 Å². The minimum atomic E-state index is -3.07. The van der Waals surface area contributed by atoms with Crippen molar-refractivity contribution in [3.63, 3.8) is 0 Å². The molecule has 0 radical (unpaired) electrons. The highest BCUT2D eigenvalue weighted by molar-refractivity contribution is 7.77. The molecular formula is C15H15N2O2P. The number of amides is 2. The van der Waals surface area contributed by atoms with Gasteiger partial charge in [0.1, 0.15) is 0 Å². The van der Waals surface area contributed by atoms with Crippen LogP contribution in [0.2, 0.25) is 0 Å². The Kier molecular flexibility index (Phi) is 3.11. The van der Waals surface area contributed by atoms with Crippen LogP contribution in [-0.4, -0.2) is 17.7 Å². The summed E-state index contributed by atoms with van der Waals surface area (Å²) in [5, 5.41) is 4.03. The molecule has 0 fully saturated rings. The second-order valence-electron chi connectivity index (χ2n) is 4.65. The van der Waals surface area contributed by atoms with Crippen molar-refractivity contribution in [3.8, 4) is 0 Å². The quantitative estimate of drug-likeness (QED) is 0.816. The predicted octanol–water partition coefficient (Wildman–Crippen LogP) is 2.07. The lowest BCUT2D eigenvalue weighted by Crippen LogP contribution is -2.36. The Balaban J connectivity index is 2.22. The van der Waals surface area contributed by atoms with Crippen LogP contribution >= 0.6 is 7.29 Å². The third kappa shape index (κ3) is 1.76. The maximum Gasteiger partial charge on any atom is 0.323 e. The summed E-state index contributed by atoms with van der Waals surface area (Å²) in [7, 11) is -1.52. The van der Waals surface area contributed by atoms with Crippen molar-refractivity contribution in [3.05, 3.63) is 60.2 Å². The van der Waals surface area contributed by atoms with Gasteiger partial charge in [-0.2, -0.15) is 0 Å². The minimum Gasteiger partial charge on any atom is -0.341 e. The standard InChI is InChI=1S/C15H15N2O2P/c1-16-15(18)17-11-12-7-5-6-10-14(12)20(17,19)13-8-3-2-4-9-13/h2-10H,11H2,1H3,(H,16,18). The summed E-state index contributed by atoms with van der Waals surface area (Å²) >= 11 is 0. The molecule has 4 nitrogen and oxygen atoms in total. The number of carbonyl (C=O) groups is 1. The third-order valence-corrected chi connectivity index (χ3v) is 6.62. The SMILES string of the molecule is CNC(=O)N1Cc2ccccc2P1(=O)c1ccccc1. The van der Waals surface area contributed by atoms with Crippen LogP contribution in [-0.2, 0) is 11.1 Å². The average Bonchev–Trinajstić information content (AvgIpc) is 2.82. The van der Waals surface area contributed by atoms with E-state index < -0.39 is 7.29 Å². The van der Waals surface area contributed by atoms with Gasteiger partial charge < -0.3 is 5.32 Å². The Bertz CT molecular complexity index is 700. The van der Waals surface area contributed by atoms with E-state index in [-0.39, 0.29) is 6.03 Å². The first-order valence-electron chi connectivity index (χ1n) is 6.42. The lowest BCUT2D eigenvalue weighted by Gasteiger charge is -2.25. The maximum absolute atomic E-state index is 13.6. The lowest BCUT2D eigenvalue weighted by molar-refractivity contribution is 0.225. The molecule has 1 aliphatic heterocycles. The van der Waals surface area contributed by atoms with E-state index in [0.717, 1.165) is 10.9 Å². The lowest BCUT2D eigenvalue weighted by atomic mass is 10.2. The van der Waals surface area contributed by atoms with Gasteiger partial charge in [-0.1, -0.05) is 36.4 Å². The number of rotatable bonds is 1. The zero-order chi connectivity index (χ0) is 14.2. The number of fused-ring (bicyclic) bond motifs is 1. The summed E-state index contributed by atoms with van der Waals surface area (Å²) in [4.78, 5) is 12.1. The molecule has 1 heterocycles. The van der Waals surface area contributed by atoms with E-state index in [2.05, 4.69) is 5.32 Å². The van der Waals surface area contributed by atoms with Crippen LogP contribution in [0.15, 0.2) is 54.6 Å². The Morgan fingerprint density at radius 2 is 1.75 bits per heavy atom. The molecule has 3 rings (SSSR count). The van der Waals surface area contributed by atoms with Crippen LogP contribution in [0.5, 0.6) is 0 Å². The molecule has 0 saturated carbocycles. The van der Waals surface area contributed by atoms with Crippen molar-refractivity contribution in [2.24, 2.45) is 0 Å². The molecule has 20 heavy (non-hydrogen) atoms. The molecule has 0 saturated heterocycles. The van der Waals surface area contributed by atoms with Gasteiger partial charge in [-0.15, -0.1) is 0 Å². The van der Waals surface area contributed by atoms with E-state index in [1.54, 1.807) is 7.05 Å². The molecule has 1 atom stereocenters. The van der Waals surface area contributed by atoms with E-state index in [4.69, 9.17) is 0 Å². The van der Waals surface area contributed by atoms with Crippen LogP contribution in [0, 0.1) is 0 Å². The third-order valence-electron chi connectivity index (χ3n) is 3.53. The fourth-order valence-electron chi connectivity index (χ4n) is 2.57. The molecule has 2 aromatic carbocycles. The van der Waals surface area contributed by atoms with Crippen LogP contribution in [0.25, 0.3) is 0 Å². The molecule has 5 heteroatoms. The fourth-order valence-corrected chi connectivity index (χ4v) is 5.49. The van der Waals surface area contributed by atoms with Gasteiger partial charge in [-0.25, -0.2) is 4.79 Å². The largest absolute Gasteiger partial charge is 0.341 e. The monoisotopic (exact) mass is 286 g/mol. The Hall–Kier alpha value is -2.06. The van der Waals surface area contributed by atoms with Gasteiger partial charge in [-0.05, 0) is 23.8 Å². The molecule has 1 N–H and O–H groups in total. The molecule has 2 aromatic rings.